The van der Waals surface area contributed by atoms with Gasteiger partial charge in [-0.1, -0.05) is 12.1 Å². The van der Waals surface area contributed by atoms with Crippen molar-refractivity contribution in [1.29, 1.82) is 0 Å². The van der Waals surface area contributed by atoms with Gasteiger partial charge in [0.05, 0.1) is 5.56 Å². The van der Waals surface area contributed by atoms with Gasteiger partial charge in [-0.05, 0) is 30.5 Å². The van der Waals surface area contributed by atoms with Crippen LogP contribution in [0.5, 0.6) is 0 Å². The summed E-state index contributed by atoms with van der Waals surface area (Å²) in [7, 11) is 0. The molecule has 0 amide bonds. The van der Waals surface area contributed by atoms with E-state index in [2.05, 4.69) is 0 Å². The van der Waals surface area contributed by atoms with E-state index >= 15 is 0 Å². The first-order chi connectivity index (χ1) is 7.89. The van der Waals surface area contributed by atoms with Crippen molar-refractivity contribution in [2.45, 2.75) is 25.2 Å². The van der Waals surface area contributed by atoms with E-state index in [9.17, 15) is 17.6 Å². The molecule has 0 aliphatic heterocycles. The molecule has 1 nitrogen and oxygen atoms in total. The Bertz CT molecular complexity index is 392. The summed E-state index contributed by atoms with van der Waals surface area (Å²) in [4.78, 5) is 0. The van der Waals surface area contributed by atoms with Crippen molar-refractivity contribution in [2.24, 2.45) is 11.1 Å². The first-order valence-corrected chi connectivity index (χ1v) is 5.40. The van der Waals surface area contributed by atoms with Gasteiger partial charge in [-0.3, -0.25) is 0 Å². The summed E-state index contributed by atoms with van der Waals surface area (Å²) in [6.07, 6.45) is -4.25. The van der Waals surface area contributed by atoms with E-state index in [4.69, 9.17) is 5.73 Å². The Morgan fingerprint density at radius 1 is 1.18 bits per heavy atom. The SMILES string of the molecule is NCC1(C(F)c2ccc(C(F)(F)F)cc2)CC1. The molecule has 94 valence electrons. The zero-order valence-electron chi connectivity index (χ0n) is 9.10. The Morgan fingerprint density at radius 2 is 1.71 bits per heavy atom. The minimum Gasteiger partial charge on any atom is -0.330 e. The molecule has 1 aliphatic rings. The molecule has 1 unspecified atom stereocenters. The van der Waals surface area contributed by atoms with Crippen LogP contribution < -0.4 is 5.73 Å². The number of alkyl halides is 4. The second-order valence-electron chi connectivity index (χ2n) is 4.55. The van der Waals surface area contributed by atoms with Gasteiger partial charge in [-0.25, -0.2) is 4.39 Å². The fourth-order valence-electron chi connectivity index (χ4n) is 1.92. The molecule has 17 heavy (non-hydrogen) atoms. The van der Waals surface area contributed by atoms with E-state index in [1.165, 1.54) is 12.1 Å². The molecule has 0 heterocycles. The Hall–Kier alpha value is -1.10. The highest BCUT2D eigenvalue weighted by Gasteiger charge is 2.49. The van der Waals surface area contributed by atoms with Crippen LogP contribution in [0.3, 0.4) is 0 Å². The van der Waals surface area contributed by atoms with Crippen LogP contribution in [0.2, 0.25) is 0 Å². The summed E-state index contributed by atoms with van der Waals surface area (Å²) in [5.41, 5.74) is 4.46. The normalized spacial score (nSPS) is 20.1. The van der Waals surface area contributed by atoms with Crippen LogP contribution in [0.1, 0.15) is 30.1 Å². The van der Waals surface area contributed by atoms with Crippen LogP contribution in [0.15, 0.2) is 24.3 Å². The third-order valence-electron chi connectivity index (χ3n) is 3.37. The molecule has 2 rings (SSSR count). The number of rotatable bonds is 3. The molecule has 0 saturated heterocycles. The Kier molecular flexibility index (Phi) is 2.89. The van der Waals surface area contributed by atoms with Crippen molar-refractivity contribution in [3.8, 4) is 0 Å². The van der Waals surface area contributed by atoms with E-state index in [1.807, 2.05) is 0 Å². The van der Waals surface area contributed by atoms with Crippen LogP contribution >= 0.6 is 0 Å². The predicted octanol–water partition coefficient (Wildman–Crippen LogP) is 3.45. The largest absolute Gasteiger partial charge is 0.416 e. The van der Waals surface area contributed by atoms with E-state index in [0.29, 0.717) is 12.8 Å². The van der Waals surface area contributed by atoms with Crippen molar-refractivity contribution in [2.75, 3.05) is 6.54 Å². The summed E-state index contributed by atoms with van der Waals surface area (Å²) in [6, 6.07) is 4.22. The van der Waals surface area contributed by atoms with E-state index < -0.39 is 23.3 Å². The van der Waals surface area contributed by atoms with Gasteiger partial charge in [0.1, 0.15) is 6.17 Å². The molecule has 0 radical (unpaired) electrons. The lowest BCUT2D eigenvalue weighted by atomic mass is 9.93. The maximum atomic E-state index is 14.0. The molecule has 1 fully saturated rings. The predicted molar refractivity (Wildman–Crippen MR) is 56.0 cm³/mol. The van der Waals surface area contributed by atoms with E-state index in [0.717, 1.165) is 12.1 Å². The average Bonchev–Trinajstić information content (AvgIpc) is 3.08. The molecule has 1 aromatic carbocycles. The first kappa shape index (κ1) is 12.4. The zero-order valence-corrected chi connectivity index (χ0v) is 9.10. The molecule has 1 saturated carbocycles. The number of hydrogen-bond donors (Lipinski definition) is 1. The lowest BCUT2D eigenvalue weighted by Gasteiger charge is -2.18. The maximum Gasteiger partial charge on any atom is 0.416 e. The highest BCUT2D eigenvalue weighted by atomic mass is 19.4. The molecule has 0 bridgehead atoms. The van der Waals surface area contributed by atoms with Crippen molar-refractivity contribution in [1.82, 2.24) is 0 Å². The fourth-order valence-corrected chi connectivity index (χ4v) is 1.92. The maximum absolute atomic E-state index is 14.0. The number of halogens is 4. The second-order valence-corrected chi connectivity index (χ2v) is 4.55. The van der Waals surface area contributed by atoms with Crippen LogP contribution in [-0.2, 0) is 6.18 Å². The molecule has 1 aromatic rings. The standard InChI is InChI=1S/C12H13F4N/c13-10(11(7-17)5-6-11)8-1-3-9(4-2-8)12(14,15)16/h1-4,10H,5-7,17H2. The second kappa shape index (κ2) is 3.98. The summed E-state index contributed by atoms with van der Waals surface area (Å²) >= 11 is 0. The number of benzene rings is 1. The van der Waals surface area contributed by atoms with E-state index in [1.54, 1.807) is 0 Å². The topological polar surface area (TPSA) is 26.0 Å². The monoisotopic (exact) mass is 247 g/mol. The van der Waals surface area contributed by atoms with Crippen LogP contribution in [-0.4, -0.2) is 6.54 Å². The van der Waals surface area contributed by atoms with Gasteiger partial charge in [0.15, 0.2) is 0 Å². The highest BCUT2D eigenvalue weighted by molar-refractivity contribution is 5.28. The quantitative estimate of drug-likeness (QED) is 0.813. The summed E-state index contributed by atoms with van der Waals surface area (Å²) in [6.45, 7) is 0.231. The highest BCUT2D eigenvalue weighted by Crippen LogP contribution is 2.56. The third-order valence-corrected chi connectivity index (χ3v) is 3.37. The minimum atomic E-state index is -4.38. The van der Waals surface area contributed by atoms with E-state index in [-0.39, 0.29) is 12.1 Å². The molecule has 0 spiro atoms. The van der Waals surface area contributed by atoms with Gasteiger partial charge in [0, 0.05) is 12.0 Å². The average molecular weight is 247 g/mol. The van der Waals surface area contributed by atoms with Gasteiger partial charge < -0.3 is 5.73 Å². The van der Waals surface area contributed by atoms with Gasteiger partial charge in [0.2, 0.25) is 0 Å². The molecule has 1 atom stereocenters. The van der Waals surface area contributed by atoms with Crippen LogP contribution in [0, 0.1) is 5.41 Å². The number of nitrogens with two attached hydrogens (primary N) is 1. The minimum absolute atomic E-state index is 0.231. The van der Waals surface area contributed by atoms with Gasteiger partial charge >= 0.3 is 6.18 Å². The zero-order chi connectivity index (χ0) is 12.7. The summed E-state index contributed by atoms with van der Waals surface area (Å²) < 4.78 is 51.0. The molecule has 5 heteroatoms. The van der Waals surface area contributed by atoms with Crippen molar-refractivity contribution in [3.63, 3.8) is 0 Å². The Balaban J connectivity index is 2.19. The molecule has 1 aliphatic carbocycles. The summed E-state index contributed by atoms with van der Waals surface area (Å²) in [5.74, 6) is 0. The van der Waals surface area contributed by atoms with Crippen LogP contribution in [0.4, 0.5) is 17.6 Å². The van der Waals surface area contributed by atoms with Gasteiger partial charge in [0.25, 0.3) is 0 Å². The van der Waals surface area contributed by atoms with Crippen molar-refractivity contribution in [3.05, 3.63) is 35.4 Å². The van der Waals surface area contributed by atoms with Crippen molar-refractivity contribution < 1.29 is 17.6 Å². The van der Waals surface area contributed by atoms with Crippen molar-refractivity contribution >= 4 is 0 Å². The molecular weight excluding hydrogens is 234 g/mol. The molecular formula is C12H13F4N. The Morgan fingerprint density at radius 3 is 2.06 bits per heavy atom. The number of hydrogen-bond acceptors (Lipinski definition) is 1. The smallest absolute Gasteiger partial charge is 0.330 e. The van der Waals surface area contributed by atoms with Gasteiger partial charge in [-0.15, -0.1) is 0 Å². The Labute approximate surface area is 96.6 Å². The lowest BCUT2D eigenvalue weighted by Crippen LogP contribution is -2.21. The third kappa shape index (κ3) is 2.29. The summed E-state index contributed by atoms with van der Waals surface area (Å²) in [5, 5.41) is 0. The lowest BCUT2D eigenvalue weighted by molar-refractivity contribution is -0.137. The first-order valence-electron chi connectivity index (χ1n) is 5.40. The van der Waals surface area contributed by atoms with Gasteiger partial charge in [-0.2, -0.15) is 13.2 Å². The molecule has 0 aromatic heterocycles. The van der Waals surface area contributed by atoms with Crippen LogP contribution in [0.25, 0.3) is 0 Å². The fraction of sp³-hybridized carbons (Fsp3) is 0.500. The molecule has 2 N–H and O–H groups in total.